The molecule has 2 aliphatic heterocycles. The van der Waals surface area contributed by atoms with Gasteiger partial charge in [-0.2, -0.15) is 0 Å². The number of fused-ring (bicyclic) bond motifs is 4. The van der Waals surface area contributed by atoms with Crippen molar-refractivity contribution in [3.63, 3.8) is 0 Å². The smallest absolute Gasteiger partial charge is 0.289 e. The van der Waals surface area contributed by atoms with E-state index >= 15 is 0 Å². The summed E-state index contributed by atoms with van der Waals surface area (Å²) in [6.45, 7) is 5.41. The fourth-order valence-corrected chi connectivity index (χ4v) is 4.81. The molecule has 0 aromatic carbocycles. The predicted octanol–water partition coefficient (Wildman–Crippen LogP) is 3.17. The standard InChI is InChI=1S/C22H28N2O4/c1-14(2)6-8-19-16-10-15(18-4-3-5-21(26)24(18)19)11-23(12-16)22(27)20-9-7-17(13-25)28-20/h3-5,7,9,14-16,19,25H,6,8,10-13H2,1-2H3/t15-,16+,19+/m1/s1. The van der Waals surface area contributed by atoms with Crippen LogP contribution >= 0.6 is 0 Å². The molecule has 0 aliphatic carbocycles. The zero-order chi connectivity index (χ0) is 19.8. The third-order valence-electron chi connectivity index (χ3n) is 6.15. The highest BCUT2D eigenvalue weighted by molar-refractivity contribution is 5.91. The van der Waals surface area contributed by atoms with Crippen molar-refractivity contribution in [2.75, 3.05) is 13.1 Å². The van der Waals surface area contributed by atoms with Gasteiger partial charge in [0.1, 0.15) is 12.4 Å². The van der Waals surface area contributed by atoms with Crippen LogP contribution in [-0.2, 0) is 6.61 Å². The summed E-state index contributed by atoms with van der Waals surface area (Å²) in [5.41, 5.74) is 1.12. The lowest BCUT2D eigenvalue weighted by molar-refractivity contribution is 0.0482. The van der Waals surface area contributed by atoms with E-state index in [9.17, 15) is 14.7 Å². The number of piperidine rings is 1. The number of carbonyl (C=O) groups is 1. The lowest BCUT2D eigenvalue weighted by Crippen LogP contribution is -2.51. The zero-order valence-corrected chi connectivity index (χ0v) is 16.5. The van der Waals surface area contributed by atoms with E-state index in [-0.39, 0.29) is 41.7 Å². The first-order chi connectivity index (χ1) is 13.5. The summed E-state index contributed by atoms with van der Waals surface area (Å²) in [5, 5.41) is 9.20. The second-order valence-electron chi connectivity index (χ2n) is 8.52. The highest BCUT2D eigenvalue weighted by Crippen LogP contribution is 2.43. The number of aromatic nitrogens is 1. The number of nitrogens with zero attached hydrogens (tertiary/aromatic N) is 2. The van der Waals surface area contributed by atoms with E-state index in [4.69, 9.17) is 4.42 Å². The summed E-state index contributed by atoms with van der Waals surface area (Å²) in [7, 11) is 0. The van der Waals surface area contributed by atoms with Crippen molar-refractivity contribution in [1.29, 1.82) is 0 Å². The summed E-state index contributed by atoms with van der Waals surface area (Å²) in [6, 6.07) is 8.91. The largest absolute Gasteiger partial charge is 0.453 e. The summed E-state index contributed by atoms with van der Waals surface area (Å²) in [5.74, 6) is 1.53. The zero-order valence-electron chi connectivity index (χ0n) is 16.5. The molecule has 1 N–H and O–H groups in total. The Balaban J connectivity index is 1.64. The highest BCUT2D eigenvalue weighted by Gasteiger charge is 2.42. The second kappa shape index (κ2) is 7.59. The molecular weight excluding hydrogens is 356 g/mol. The molecule has 3 atom stereocenters. The minimum Gasteiger partial charge on any atom is -0.453 e. The molecule has 1 fully saturated rings. The topological polar surface area (TPSA) is 75.7 Å². The van der Waals surface area contributed by atoms with E-state index in [1.807, 2.05) is 21.6 Å². The first kappa shape index (κ1) is 19.0. The Morgan fingerprint density at radius 3 is 2.79 bits per heavy atom. The maximum absolute atomic E-state index is 13.0. The van der Waals surface area contributed by atoms with Crippen LogP contribution in [0.4, 0.5) is 0 Å². The van der Waals surface area contributed by atoms with E-state index in [0.717, 1.165) is 25.0 Å². The Morgan fingerprint density at radius 1 is 1.25 bits per heavy atom. The van der Waals surface area contributed by atoms with Gasteiger partial charge in [0.05, 0.1) is 0 Å². The first-order valence-electron chi connectivity index (χ1n) is 10.2. The molecule has 2 aromatic heterocycles. The summed E-state index contributed by atoms with van der Waals surface area (Å²) in [4.78, 5) is 27.5. The molecule has 0 saturated carbocycles. The lowest BCUT2D eigenvalue weighted by Gasteiger charge is -2.47. The fourth-order valence-electron chi connectivity index (χ4n) is 4.81. The third kappa shape index (κ3) is 3.41. The quantitative estimate of drug-likeness (QED) is 0.859. The number of aliphatic hydroxyl groups excluding tert-OH is 1. The van der Waals surface area contributed by atoms with E-state index in [1.165, 1.54) is 0 Å². The molecule has 0 radical (unpaired) electrons. The molecule has 2 bridgehead atoms. The number of rotatable bonds is 5. The summed E-state index contributed by atoms with van der Waals surface area (Å²) in [6.07, 6.45) is 3.01. The number of hydrogen-bond acceptors (Lipinski definition) is 4. The molecule has 0 spiro atoms. The number of hydrogen-bond donors (Lipinski definition) is 1. The van der Waals surface area contributed by atoms with E-state index in [0.29, 0.717) is 24.8 Å². The van der Waals surface area contributed by atoms with E-state index in [1.54, 1.807) is 18.2 Å². The van der Waals surface area contributed by atoms with Crippen LogP contribution in [0.1, 0.15) is 67.1 Å². The molecule has 0 unspecified atom stereocenters. The van der Waals surface area contributed by atoms with Crippen LogP contribution in [0.25, 0.3) is 0 Å². The van der Waals surface area contributed by atoms with Crippen molar-refractivity contribution in [2.45, 2.75) is 51.7 Å². The Morgan fingerprint density at radius 2 is 2.07 bits per heavy atom. The number of pyridine rings is 1. The number of amides is 1. The number of carbonyl (C=O) groups excluding carboxylic acids is 1. The number of likely N-dealkylation sites (tertiary alicyclic amines) is 1. The molecule has 1 amide bonds. The number of furan rings is 1. The second-order valence-corrected chi connectivity index (χ2v) is 8.52. The molecule has 6 nitrogen and oxygen atoms in total. The van der Waals surface area contributed by atoms with Crippen LogP contribution in [0, 0.1) is 11.8 Å². The average molecular weight is 384 g/mol. The summed E-state index contributed by atoms with van der Waals surface area (Å²) < 4.78 is 7.47. The monoisotopic (exact) mass is 384 g/mol. The van der Waals surface area contributed by atoms with Crippen LogP contribution in [0.3, 0.4) is 0 Å². The molecule has 4 heterocycles. The molecule has 1 saturated heterocycles. The van der Waals surface area contributed by atoms with Crippen LogP contribution in [0.5, 0.6) is 0 Å². The molecule has 2 aliphatic rings. The van der Waals surface area contributed by atoms with Gasteiger partial charge in [0, 0.05) is 36.8 Å². The number of aliphatic hydroxyl groups is 1. The average Bonchev–Trinajstić information content (AvgIpc) is 3.16. The van der Waals surface area contributed by atoms with Crippen LogP contribution in [0.2, 0.25) is 0 Å². The molecule has 2 aromatic rings. The van der Waals surface area contributed by atoms with Gasteiger partial charge in [-0.25, -0.2) is 0 Å². The van der Waals surface area contributed by atoms with Gasteiger partial charge in [0.2, 0.25) is 0 Å². The lowest BCUT2D eigenvalue weighted by atomic mass is 9.76. The fraction of sp³-hybridized carbons (Fsp3) is 0.545. The van der Waals surface area contributed by atoms with Gasteiger partial charge in [-0.05, 0) is 49.3 Å². The maximum Gasteiger partial charge on any atom is 0.289 e. The van der Waals surface area contributed by atoms with E-state index in [2.05, 4.69) is 13.8 Å². The highest BCUT2D eigenvalue weighted by atomic mass is 16.4. The van der Waals surface area contributed by atoms with E-state index < -0.39 is 0 Å². The van der Waals surface area contributed by atoms with Gasteiger partial charge in [-0.1, -0.05) is 19.9 Å². The molecule has 6 heteroatoms. The van der Waals surface area contributed by atoms with Gasteiger partial charge in [-0.3, -0.25) is 9.59 Å². The van der Waals surface area contributed by atoms with Crippen LogP contribution in [-0.4, -0.2) is 33.6 Å². The van der Waals surface area contributed by atoms with Gasteiger partial charge < -0.3 is 19.0 Å². The minimum atomic E-state index is -0.216. The Hall–Kier alpha value is -2.34. The minimum absolute atomic E-state index is 0.0688. The predicted molar refractivity (Wildman–Crippen MR) is 105 cm³/mol. The molecule has 4 rings (SSSR count). The first-order valence-corrected chi connectivity index (χ1v) is 10.2. The van der Waals surface area contributed by atoms with Crippen LogP contribution < -0.4 is 5.56 Å². The maximum atomic E-state index is 13.0. The molecule has 150 valence electrons. The van der Waals surface area contributed by atoms with Gasteiger partial charge in [0.15, 0.2) is 5.76 Å². The Labute approximate surface area is 164 Å². The molecular formula is C22H28N2O4. The van der Waals surface area contributed by atoms with Crippen molar-refractivity contribution >= 4 is 5.91 Å². The van der Waals surface area contributed by atoms with Crippen molar-refractivity contribution in [3.05, 3.63) is 57.9 Å². The Bertz CT molecular complexity index is 913. The third-order valence-corrected chi connectivity index (χ3v) is 6.15. The Kier molecular flexibility index (Phi) is 5.15. The molecule has 28 heavy (non-hydrogen) atoms. The van der Waals surface area contributed by atoms with Gasteiger partial charge in [-0.15, -0.1) is 0 Å². The van der Waals surface area contributed by atoms with Crippen molar-refractivity contribution < 1.29 is 14.3 Å². The van der Waals surface area contributed by atoms with Gasteiger partial charge >= 0.3 is 0 Å². The van der Waals surface area contributed by atoms with Gasteiger partial charge in [0.25, 0.3) is 11.5 Å². The van der Waals surface area contributed by atoms with Crippen molar-refractivity contribution in [1.82, 2.24) is 9.47 Å². The van der Waals surface area contributed by atoms with Crippen LogP contribution in [0.15, 0.2) is 39.5 Å². The normalized spacial score (nSPS) is 23.7. The summed E-state index contributed by atoms with van der Waals surface area (Å²) >= 11 is 0. The SMILES string of the molecule is CC(C)CC[C@H]1[C@H]2C[C@H](CN(C(=O)c3ccc(CO)o3)C2)c2cccc(=O)n21. The van der Waals surface area contributed by atoms with Crippen molar-refractivity contribution in [2.24, 2.45) is 11.8 Å². The van der Waals surface area contributed by atoms with Crippen molar-refractivity contribution in [3.8, 4) is 0 Å².